The van der Waals surface area contributed by atoms with Crippen LogP contribution < -0.4 is 0 Å². The van der Waals surface area contributed by atoms with Crippen LogP contribution in [0, 0.1) is 0 Å². The van der Waals surface area contributed by atoms with Crippen molar-refractivity contribution in [2.24, 2.45) is 0 Å². The van der Waals surface area contributed by atoms with Crippen LogP contribution in [0.1, 0.15) is 22.8 Å². The number of benzene rings is 2. The second-order valence-corrected chi connectivity index (χ2v) is 4.82. The summed E-state index contributed by atoms with van der Waals surface area (Å²) >= 11 is 0. The minimum atomic E-state index is -0.481. The van der Waals surface area contributed by atoms with Crippen molar-refractivity contribution in [2.75, 3.05) is 6.61 Å². The Labute approximate surface area is 127 Å². The zero-order valence-corrected chi connectivity index (χ0v) is 12.2. The Morgan fingerprint density at radius 3 is 2.50 bits per heavy atom. The van der Waals surface area contributed by atoms with Crippen LogP contribution in [0.4, 0.5) is 4.79 Å². The summed E-state index contributed by atoms with van der Waals surface area (Å²) in [5, 5.41) is 0.829. The fraction of sp³-hybridized carbons (Fsp3) is 0.111. The van der Waals surface area contributed by atoms with Gasteiger partial charge < -0.3 is 4.74 Å². The molecule has 2 aromatic carbocycles. The zero-order valence-electron chi connectivity index (χ0n) is 12.2. The topological polar surface area (TPSA) is 48.3 Å². The van der Waals surface area contributed by atoms with Crippen molar-refractivity contribution < 1.29 is 14.3 Å². The lowest BCUT2D eigenvalue weighted by Gasteiger charge is -2.08. The molecule has 0 N–H and O–H groups in total. The molecule has 0 fully saturated rings. The van der Waals surface area contributed by atoms with Crippen molar-refractivity contribution >= 4 is 22.8 Å². The number of carbonyl (C=O) groups excluding carboxylic acids is 2. The van der Waals surface area contributed by atoms with Crippen LogP contribution in [-0.2, 0) is 4.74 Å². The molecule has 0 unspecified atom stereocenters. The molecule has 0 radical (unpaired) electrons. The molecule has 4 nitrogen and oxygen atoms in total. The van der Waals surface area contributed by atoms with Crippen molar-refractivity contribution in [2.45, 2.75) is 6.92 Å². The van der Waals surface area contributed by atoms with E-state index >= 15 is 0 Å². The molecule has 0 atom stereocenters. The van der Waals surface area contributed by atoms with Gasteiger partial charge in [0, 0.05) is 22.7 Å². The second-order valence-electron chi connectivity index (χ2n) is 4.82. The molecule has 1 aromatic heterocycles. The zero-order chi connectivity index (χ0) is 15.5. The summed E-state index contributed by atoms with van der Waals surface area (Å²) < 4.78 is 6.43. The Balaban J connectivity index is 2.16. The van der Waals surface area contributed by atoms with Gasteiger partial charge in [-0.05, 0) is 19.1 Å². The SMILES string of the molecule is CCOC(=O)n1ccc2cccc(C(=O)c3ccccc3)c21. The standard InChI is InChI=1S/C18H15NO3/c1-2-22-18(21)19-12-11-13-9-6-10-15(16(13)19)17(20)14-7-4-3-5-8-14/h3-12H,2H2,1H3. The average molecular weight is 293 g/mol. The number of rotatable bonds is 3. The van der Waals surface area contributed by atoms with E-state index in [1.54, 1.807) is 37.4 Å². The van der Waals surface area contributed by atoms with E-state index < -0.39 is 6.09 Å². The Kier molecular flexibility index (Phi) is 3.74. The van der Waals surface area contributed by atoms with E-state index in [1.165, 1.54) is 4.57 Å². The van der Waals surface area contributed by atoms with Gasteiger partial charge in [-0.2, -0.15) is 0 Å². The average Bonchev–Trinajstić information content (AvgIpc) is 2.99. The van der Waals surface area contributed by atoms with Gasteiger partial charge in [0.2, 0.25) is 0 Å². The van der Waals surface area contributed by atoms with Gasteiger partial charge >= 0.3 is 6.09 Å². The maximum absolute atomic E-state index is 12.7. The summed E-state index contributed by atoms with van der Waals surface area (Å²) in [6, 6.07) is 16.2. The smallest absolute Gasteiger partial charge is 0.418 e. The van der Waals surface area contributed by atoms with Gasteiger partial charge in [0.1, 0.15) is 0 Å². The van der Waals surface area contributed by atoms with Crippen molar-refractivity contribution in [3.8, 4) is 0 Å². The Bertz CT molecular complexity index is 834. The number of ketones is 1. The largest absolute Gasteiger partial charge is 0.449 e. The van der Waals surface area contributed by atoms with Crippen LogP contribution in [-0.4, -0.2) is 23.1 Å². The predicted octanol–water partition coefficient (Wildman–Crippen LogP) is 3.88. The monoisotopic (exact) mass is 293 g/mol. The van der Waals surface area contributed by atoms with Crippen molar-refractivity contribution in [3.63, 3.8) is 0 Å². The molecule has 0 aliphatic heterocycles. The van der Waals surface area contributed by atoms with Gasteiger partial charge in [-0.1, -0.05) is 42.5 Å². The highest BCUT2D eigenvalue weighted by Gasteiger charge is 2.18. The van der Waals surface area contributed by atoms with Gasteiger partial charge in [0.25, 0.3) is 0 Å². The van der Waals surface area contributed by atoms with Gasteiger partial charge in [0.15, 0.2) is 5.78 Å². The predicted molar refractivity (Wildman–Crippen MR) is 84.2 cm³/mol. The molecular weight excluding hydrogens is 278 g/mol. The van der Waals surface area contributed by atoms with E-state index in [-0.39, 0.29) is 12.4 Å². The number of hydrogen-bond acceptors (Lipinski definition) is 3. The Morgan fingerprint density at radius 2 is 1.77 bits per heavy atom. The molecule has 110 valence electrons. The molecule has 3 aromatic rings. The first-order chi connectivity index (χ1) is 10.7. The third-order valence-electron chi connectivity index (χ3n) is 3.46. The van der Waals surface area contributed by atoms with Gasteiger partial charge in [-0.3, -0.25) is 9.36 Å². The summed E-state index contributed by atoms with van der Waals surface area (Å²) in [5.74, 6) is -0.115. The molecular formula is C18H15NO3. The number of fused-ring (bicyclic) bond motifs is 1. The highest BCUT2D eigenvalue weighted by Crippen LogP contribution is 2.23. The fourth-order valence-electron chi connectivity index (χ4n) is 2.47. The molecule has 0 aliphatic carbocycles. The van der Waals surface area contributed by atoms with Crippen LogP contribution >= 0.6 is 0 Å². The van der Waals surface area contributed by atoms with E-state index in [9.17, 15) is 9.59 Å². The maximum Gasteiger partial charge on any atom is 0.418 e. The van der Waals surface area contributed by atoms with Gasteiger partial charge in [-0.15, -0.1) is 0 Å². The quantitative estimate of drug-likeness (QED) is 0.689. The van der Waals surface area contributed by atoms with E-state index in [2.05, 4.69) is 0 Å². The Hall–Kier alpha value is -2.88. The first kappa shape index (κ1) is 14.1. The van der Waals surface area contributed by atoms with Gasteiger partial charge in [-0.25, -0.2) is 4.79 Å². The van der Waals surface area contributed by atoms with Crippen LogP contribution in [0.25, 0.3) is 10.9 Å². The number of aromatic nitrogens is 1. The minimum Gasteiger partial charge on any atom is -0.449 e. The number of hydrogen-bond donors (Lipinski definition) is 0. The molecule has 0 bridgehead atoms. The normalized spacial score (nSPS) is 10.6. The highest BCUT2D eigenvalue weighted by molar-refractivity contribution is 6.16. The number of para-hydroxylation sites is 1. The number of ether oxygens (including phenoxy) is 1. The van der Waals surface area contributed by atoms with Crippen LogP contribution in [0.15, 0.2) is 60.8 Å². The molecule has 0 amide bonds. The summed E-state index contributed by atoms with van der Waals surface area (Å²) in [4.78, 5) is 24.8. The third-order valence-corrected chi connectivity index (χ3v) is 3.46. The van der Waals surface area contributed by atoms with E-state index in [4.69, 9.17) is 4.74 Å². The lowest BCUT2D eigenvalue weighted by atomic mass is 10.0. The third kappa shape index (κ3) is 2.39. The van der Waals surface area contributed by atoms with Gasteiger partial charge in [0.05, 0.1) is 12.1 Å². The molecule has 0 spiro atoms. The lowest BCUT2D eigenvalue weighted by molar-refractivity contribution is 0.104. The molecule has 1 heterocycles. The number of nitrogens with zero attached hydrogens (tertiary/aromatic N) is 1. The molecule has 0 saturated heterocycles. The molecule has 3 rings (SSSR count). The van der Waals surface area contributed by atoms with Crippen molar-refractivity contribution in [1.29, 1.82) is 0 Å². The lowest BCUT2D eigenvalue weighted by Crippen LogP contribution is -2.14. The summed E-state index contributed by atoms with van der Waals surface area (Å²) in [6.45, 7) is 2.03. The van der Waals surface area contributed by atoms with Crippen LogP contribution in [0.5, 0.6) is 0 Å². The molecule has 4 heteroatoms. The van der Waals surface area contributed by atoms with E-state index in [1.807, 2.05) is 30.3 Å². The summed E-state index contributed by atoms with van der Waals surface area (Å²) in [5.41, 5.74) is 1.66. The summed E-state index contributed by atoms with van der Waals surface area (Å²) in [7, 11) is 0. The van der Waals surface area contributed by atoms with Crippen molar-refractivity contribution in [1.82, 2.24) is 4.57 Å². The van der Waals surface area contributed by atoms with Crippen LogP contribution in [0.2, 0.25) is 0 Å². The highest BCUT2D eigenvalue weighted by atomic mass is 16.5. The van der Waals surface area contributed by atoms with Crippen molar-refractivity contribution in [3.05, 3.63) is 71.9 Å². The maximum atomic E-state index is 12.7. The fourth-order valence-corrected chi connectivity index (χ4v) is 2.47. The summed E-state index contributed by atoms with van der Waals surface area (Å²) in [6.07, 6.45) is 1.15. The second kappa shape index (κ2) is 5.85. The molecule has 0 saturated carbocycles. The first-order valence-electron chi connectivity index (χ1n) is 7.09. The molecule has 0 aliphatic rings. The van der Waals surface area contributed by atoms with E-state index in [0.717, 1.165) is 5.39 Å². The molecule has 22 heavy (non-hydrogen) atoms. The van der Waals surface area contributed by atoms with Crippen LogP contribution in [0.3, 0.4) is 0 Å². The minimum absolute atomic E-state index is 0.115. The Morgan fingerprint density at radius 1 is 1.00 bits per heavy atom. The first-order valence-corrected chi connectivity index (χ1v) is 7.09. The van der Waals surface area contributed by atoms with E-state index in [0.29, 0.717) is 16.6 Å². The number of carbonyl (C=O) groups is 2.